The molecule has 0 bridgehead atoms. The number of hydrogen-bond acceptors (Lipinski definition) is 4. The lowest BCUT2D eigenvalue weighted by Crippen LogP contribution is -2.29. The number of fused-ring (bicyclic) bond motifs is 1. The van der Waals surface area contributed by atoms with Gasteiger partial charge in [0.25, 0.3) is 5.91 Å². The lowest BCUT2D eigenvalue weighted by molar-refractivity contribution is -0.0941. The van der Waals surface area contributed by atoms with Gasteiger partial charge in [-0.05, 0) is 55.2 Å². The number of amides is 1. The number of halogens is 3. The number of para-hydroxylation sites is 1. The average molecular weight is 508 g/mol. The van der Waals surface area contributed by atoms with Gasteiger partial charge in [0.2, 0.25) is 0 Å². The summed E-state index contributed by atoms with van der Waals surface area (Å²) in [7, 11) is 1.29. The zero-order chi connectivity index (χ0) is 26.7. The number of carbonyl (C=O) groups is 2. The first-order chi connectivity index (χ1) is 17.6. The molecule has 190 valence electrons. The van der Waals surface area contributed by atoms with Gasteiger partial charge >= 0.3 is 12.1 Å². The summed E-state index contributed by atoms with van der Waals surface area (Å²) in [5, 5.41) is 13.4. The van der Waals surface area contributed by atoms with E-state index in [9.17, 15) is 28.0 Å². The Labute approximate surface area is 211 Å². The quantitative estimate of drug-likeness (QED) is 0.415. The van der Waals surface area contributed by atoms with Crippen LogP contribution in [0.25, 0.3) is 10.9 Å². The van der Waals surface area contributed by atoms with E-state index in [4.69, 9.17) is 4.74 Å². The number of alkyl halides is 3. The lowest BCUT2D eigenvalue weighted by atomic mass is 9.99. The summed E-state index contributed by atoms with van der Waals surface area (Å²) < 4.78 is 46.3. The van der Waals surface area contributed by atoms with Gasteiger partial charge in [-0.3, -0.25) is 4.79 Å². The highest BCUT2D eigenvalue weighted by molar-refractivity contribution is 6.03. The van der Waals surface area contributed by atoms with Crippen molar-refractivity contribution in [2.45, 2.75) is 38.5 Å². The first-order valence-electron chi connectivity index (χ1n) is 11.6. The van der Waals surface area contributed by atoms with E-state index in [2.05, 4.69) is 11.4 Å². The molecule has 6 nitrogen and oxygen atoms in total. The summed E-state index contributed by atoms with van der Waals surface area (Å²) in [4.78, 5) is 25.2. The maximum absolute atomic E-state index is 13.5. The molecule has 0 fully saturated rings. The summed E-state index contributed by atoms with van der Waals surface area (Å²) in [6, 6.07) is 15.1. The van der Waals surface area contributed by atoms with E-state index in [1.807, 2.05) is 0 Å². The van der Waals surface area contributed by atoms with Crippen molar-refractivity contribution in [3.63, 3.8) is 0 Å². The fourth-order valence-corrected chi connectivity index (χ4v) is 4.48. The molecule has 2 aromatic carbocycles. The summed E-state index contributed by atoms with van der Waals surface area (Å²) in [6.45, 7) is 1.76. The number of nitrogens with one attached hydrogen (secondary N) is 1. The smallest absolute Gasteiger partial charge is 0.412 e. The van der Waals surface area contributed by atoms with Crippen LogP contribution < -0.4 is 5.32 Å². The van der Waals surface area contributed by atoms with E-state index in [-0.39, 0.29) is 30.6 Å². The van der Waals surface area contributed by atoms with Crippen molar-refractivity contribution in [1.29, 1.82) is 5.26 Å². The molecule has 0 aliphatic heterocycles. The summed E-state index contributed by atoms with van der Waals surface area (Å²) in [6.07, 6.45) is -1.43. The monoisotopic (exact) mass is 507 g/mol. The minimum absolute atomic E-state index is 0.00668. The van der Waals surface area contributed by atoms with Crippen LogP contribution in [0.4, 0.5) is 13.2 Å². The highest BCUT2D eigenvalue weighted by Gasteiger charge is 2.34. The van der Waals surface area contributed by atoms with Crippen LogP contribution in [0, 0.1) is 11.3 Å². The fourth-order valence-electron chi connectivity index (χ4n) is 4.48. The minimum Gasteiger partial charge on any atom is -0.465 e. The van der Waals surface area contributed by atoms with Crippen molar-refractivity contribution in [2.24, 2.45) is 0 Å². The van der Waals surface area contributed by atoms with Crippen molar-refractivity contribution in [3.8, 4) is 6.07 Å². The Hall–Kier alpha value is -4.32. The summed E-state index contributed by atoms with van der Waals surface area (Å²) in [5.74, 6) is -1.01. The van der Waals surface area contributed by atoms with Crippen molar-refractivity contribution in [2.75, 3.05) is 7.11 Å². The predicted molar refractivity (Wildman–Crippen MR) is 132 cm³/mol. The molecule has 1 aliphatic rings. The zero-order valence-electron chi connectivity index (χ0n) is 20.2. The molecule has 1 N–H and O–H groups in total. The maximum atomic E-state index is 13.5. The number of rotatable bonds is 6. The van der Waals surface area contributed by atoms with E-state index >= 15 is 0 Å². The number of nitrogens with zero attached hydrogens (tertiary/aromatic N) is 2. The maximum Gasteiger partial charge on any atom is 0.412 e. The first kappa shape index (κ1) is 25.8. The van der Waals surface area contributed by atoms with E-state index in [1.54, 1.807) is 66.1 Å². The number of hydrogen-bond donors (Lipinski definition) is 1. The number of ether oxygens (including phenoxy) is 1. The van der Waals surface area contributed by atoms with Gasteiger partial charge in [-0.1, -0.05) is 36.4 Å². The van der Waals surface area contributed by atoms with Gasteiger partial charge in [0.1, 0.15) is 11.8 Å². The summed E-state index contributed by atoms with van der Waals surface area (Å²) >= 11 is 0. The summed E-state index contributed by atoms with van der Waals surface area (Å²) in [5.41, 5.74) is 1.69. The number of benzene rings is 2. The van der Waals surface area contributed by atoms with Crippen molar-refractivity contribution in [1.82, 2.24) is 9.88 Å². The van der Waals surface area contributed by atoms with Gasteiger partial charge in [-0.25, -0.2) is 4.79 Å². The number of allylic oxidation sites excluding steroid dienone is 4. The van der Waals surface area contributed by atoms with E-state index < -0.39 is 29.7 Å². The van der Waals surface area contributed by atoms with Gasteiger partial charge in [-0.2, -0.15) is 18.4 Å². The number of methoxy groups -OCH3 is 1. The highest BCUT2D eigenvalue weighted by atomic mass is 19.4. The number of esters is 1. The van der Waals surface area contributed by atoms with Crippen molar-refractivity contribution in [3.05, 3.63) is 94.2 Å². The molecule has 1 aliphatic carbocycles. The molecular weight excluding hydrogens is 483 g/mol. The molecule has 0 saturated heterocycles. The third-order valence-corrected chi connectivity index (χ3v) is 6.36. The van der Waals surface area contributed by atoms with Gasteiger partial charge < -0.3 is 14.6 Å². The van der Waals surface area contributed by atoms with Crippen LogP contribution in [0.3, 0.4) is 0 Å². The van der Waals surface area contributed by atoms with Crippen LogP contribution in [0.1, 0.15) is 57.8 Å². The molecule has 0 spiro atoms. The number of aromatic nitrogens is 1. The molecule has 1 amide bonds. The molecular formula is C28H24F3N3O3. The molecule has 37 heavy (non-hydrogen) atoms. The standard InChI is InChI=1S/C28H24F3N3O3/c1-17(19-10-12-20(13-11-19)27(36)37-2)33-26(35)25-23(15-32)22-8-3-4-9-24(22)34(25)16-18-6-5-7-21(14-18)28(29,30)31/h3-4,6,8-14,17H,5,7,16H2,1-2H3,(H,33,35). The Morgan fingerprint density at radius 1 is 1.16 bits per heavy atom. The Balaban J connectivity index is 1.69. The zero-order valence-corrected chi connectivity index (χ0v) is 20.2. The van der Waals surface area contributed by atoms with E-state index in [1.165, 1.54) is 7.11 Å². The highest BCUT2D eigenvalue weighted by Crippen LogP contribution is 2.34. The van der Waals surface area contributed by atoms with E-state index in [0.717, 1.165) is 11.6 Å². The van der Waals surface area contributed by atoms with Crippen LogP contribution in [0.5, 0.6) is 0 Å². The first-order valence-corrected chi connectivity index (χ1v) is 11.6. The van der Waals surface area contributed by atoms with Crippen LogP contribution in [-0.4, -0.2) is 29.7 Å². The third kappa shape index (κ3) is 5.28. The Kier molecular flexibility index (Phi) is 7.21. The Bertz CT molecular complexity index is 1460. The minimum atomic E-state index is -4.42. The molecule has 1 atom stereocenters. The lowest BCUT2D eigenvalue weighted by Gasteiger charge is -2.19. The topological polar surface area (TPSA) is 84.1 Å². The normalized spacial score (nSPS) is 14.4. The van der Waals surface area contributed by atoms with Crippen molar-refractivity contribution < 1.29 is 27.5 Å². The van der Waals surface area contributed by atoms with Gasteiger partial charge in [-0.15, -0.1) is 0 Å². The predicted octanol–water partition coefficient (Wildman–Crippen LogP) is 6.00. The molecule has 1 unspecified atom stereocenters. The van der Waals surface area contributed by atoms with Crippen LogP contribution >= 0.6 is 0 Å². The van der Waals surface area contributed by atoms with Crippen LogP contribution in [0.15, 0.2) is 71.8 Å². The molecule has 1 aromatic heterocycles. The Morgan fingerprint density at radius 2 is 1.86 bits per heavy atom. The SMILES string of the molecule is COC(=O)c1ccc(C(C)NC(=O)c2c(C#N)c3ccccc3n2CC2=CCCC(C(F)(F)F)=C2)cc1. The van der Waals surface area contributed by atoms with Crippen molar-refractivity contribution >= 4 is 22.8 Å². The van der Waals surface area contributed by atoms with Crippen LogP contribution in [-0.2, 0) is 11.3 Å². The molecule has 1 heterocycles. The van der Waals surface area contributed by atoms with Crippen LogP contribution in [0.2, 0.25) is 0 Å². The van der Waals surface area contributed by atoms with Gasteiger partial charge in [0.15, 0.2) is 0 Å². The number of nitriles is 1. The largest absolute Gasteiger partial charge is 0.465 e. The fraction of sp³-hybridized carbons (Fsp3) is 0.250. The molecule has 4 rings (SSSR count). The second-order valence-electron chi connectivity index (χ2n) is 8.73. The van der Waals surface area contributed by atoms with E-state index in [0.29, 0.717) is 22.0 Å². The third-order valence-electron chi connectivity index (χ3n) is 6.36. The number of carbonyl (C=O) groups excluding carboxylic acids is 2. The van der Waals surface area contributed by atoms with Gasteiger partial charge in [0, 0.05) is 17.5 Å². The average Bonchev–Trinajstić information content (AvgIpc) is 3.21. The second-order valence-corrected chi connectivity index (χ2v) is 8.73. The molecule has 3 aromatic rings. The molecule has 0 saturated carbocycles. The Morgan fingerprint density at radius 3 is 2.51 bits per heavy atom. The second kappa shape index (κ2) is 10.3. The molecule has 9 heteroatoms. The molecule has 0 radical (unpaired) electrons. The van der Waals surface area contributed by atoms with Gasteiger partial charge in [0.05, 0.1) is 29.8 Å².